The molecule has 0 bridgehead atoms. The molecule has 2 heterocycles. The molecule has 2 N–H and O–H groups in total. The molecule has 170 valence electrons. The number of ether oxygens (including phenoxy) is 1. The molecule has 31 heavy (non-hydrogen) atoms. The maximum Gasteiger partial charge on any atom is 0.190 e. The van der Waals surface area contributed by atoms with Crippen molar-refractivity contribution < 1.29 is 9.26 Å². The molecule has 0 atom stereocenters. The molecule has 0 unspecified atom stereocenters. The van der Waals surface area contributed by atoms with E-state index in [9.17, 15) is 0 Å². The normalized spacial score (nSPS) is 15.9. The van der Waals surface area contributed by atoms with Crippen molar-refractivity contribution in [1.82, 2.24) is 20.7 Å². The fraction of sp³-hybridized carbons (Fsp3) is 0.583. The van der Waals surface area contributed by atoms with Gasteiger partial charge in [-0.2, -0.15) is 0 Å². The molecule has 1 aromatic heterocycles. The number of aromatic nitrogens is 1. The largest absolute Gasteiger partial charge is 0.378 e. The summed E-state index contributed by atoms with van der Waals surface area (Å²) in [5.41, 5.74) is 3.53. The van der Waals surface area contributed by atoms with Crippen molar-refractivity contribution in [3.63, 3.8) is 0 Å². The van der Waals surface area contributed by atoms with E-state index >= 15 is 0 Å². The predicted molar refractivity (Wildman–Crippen MR) is 124 cm³/mol. The first-order chi connectivity index (χ1) is 15.2. The molecule has 0 spiro atoms. The van der Waals surface area contributed by atoms with Crippen LogP contribution in [0.5, 0.6) is 0 Å². The van der Waals surface area contributed by atoms with Gasteiger partial charge in [0.15, 0.2) is 5.96 Å². The summed E-state index contributed by atoms with van der Waals surface area (Å²) >= 11 is 0. The van der Waals surface area contributed by atoms with E-state index in [1.54, 1.807) is 7.05 Å². The van der Waals surface area contributed by atoms with E-state index in [0.717, 1.165) is 82.4 Å². The predicted octanol–water partition coefficient (Wildman–Crippen LogP) is 3.07. The van der Waals surface area contributed by atoms with Crippen molar-refractivity contribution in [2.45, 2.75) is 52.2 Å². The zero-order chi connectivity index (χ0) is 21.9. The van der Waals surface area contributed by atoms with Crippen LogP contribution in [0.15, 0.2) is 39.8 Å². The van der Waals surface area contributed by atoms with Gasteiger partial charge < -0.3 is 19.9 Å². The molecule has 3 rings (SSSR count). The molecule has 7 heteroatoms. The molecule has 1 fully saturated rings. The SMILES string of the molecule is CN=C(NCCCOC1CCN(Cc2ccccc2)CC1)NCCc1c(C)noc1C. The van der Waals surface area contributed by atoms with Crippen molar-refractivity contribution in [2.24, 2.45) is 4.99 Å². The average molecular weight is 428 g/mol. The van der Waals surface area contributed by atoms with Crippen LogP contribution in [0.25, 0.3) is 0 Å². The van der Waals surface area contributed by atoms with Gasteiger partial charge in [0.05, 0.1) is 11.8 Å². The maximum atomic E-state index is 6.11. The number of nitrogens with one attached hydrogen (secondary N) is 2. The molecule has 0 saturated carbocycles. The Balaban J connectivity index is 1.23. The third kappa shape index (κ3) is 7.67. The van der Waals surface area contributed by atoms with Gasteiger partial charge >= 0.3 is 0 Å². The van der Waals surface area contributed by atoms with Crippen LogP contribution in [-0.2, 0) is 17.7 Å². The second-order valence-corrected chi connectivity index (χ2v) is 8.16. The van der Waals surface area contributed by atoms with Gasteiger partial charge in [-0.1, -0.05) is 35.5 Å². The Bertz CT molecular complexity index is 778. The van der Waals surface area contributed by atoms with E-state index in [1.165, 1.54) is 11.1 Å². The molecular weight excluding hydrogens is 390 g/mol. The molecule has 2 aromatic rings. The zero-order valence-electron chi connectivity index (χ0n) is 19.2. The minimum Gasteiger partial charge on any atom is -0.378 e. The van der Waals surface area contributed by atoms with Crippen molar-refractivity contribution in [1.29, 1.82) is 0 Å². The van der Waals surface area contributed by atoms with Gasteiger partial charge in [-0.25, -0.2) is 0 Å². The Morgan fingerprint density at radius 2 is 1.90 bits per heavy atom. The van der Waals surface area contributed by atoms with Crippen LogP contribution < -0.4 is 10.6 Å². The average Bonchev–Trinajstić information content (AvgIpc) is 3.11. The van der Waals surface area contributed by atoms with Crippen LogP contribution >= 0.6 is 0 Å². The number of rotatable bonds is 10. The van der Waals surface area contributed by atoms with Gasteiger partial charge in [0, 0.05) is 51.9 Å². The first-order valence-corrected chi connectivity index (χ1v) is 11.4. The zero-order valence-corrected chi connectivity index (χ0v) is 19.2. The van der Waals surface area contributed by atoms with Gasteiger partial charge in [-0.05, 0) is 45.1 Å². The van der Waals surface area contributed by atoms with Crippen molar-refractivity contribution in [3.05, 3.63) is 52.9 Å². The molecule has 0 aliphatic carbocycles. The molecule has 1 aliphatic rings. The molecular formula is C24H37N5O2. The molecule has 1 aromatic carbocycles. The van der Waals surface area contributed by atoms with E-state index < -0.39 is 0 Å². The van der Waals surface area contributed by atoms with Crippen LogP contribution in [0, 0.1) is 13.8 Å². The summed E-state index contributed by atoms with van der Waals surface area (Å²) in [5, 5.41) is 10.7. The summed E-state index contributed by atoms with van der Waals surface area (Å²) in [4.78, 5) is 6.81. The summed E-state index contributed by atoms with van der Waals surface area (Å²) in [6.45, 7) is 9.62. The number of likely N-dealkylation sites (tertiary alicyclic amines) is 1. The lowest BCUT2D eigenvalue weighted by Gasteiger charge is -2.32. The van der Waals surface area contributed by atoms with Crippen LogP contribution in [0.2, 0.25) is 0 Å². The highest BCUT2D eigenvalue weighted by molar-refractivity contribution is 5.79. The highest BCUT2D eigenvalue weighted by atomic mass is 16.5. The molecule has 0 amide bonds. The van der Waals surface area contributed by atoms with Crippen molar-refractivity contribution in [2.75, 3.05) is 39.8 Å². The van der Waals surface area contributed by atoms with Crippen LogP contribution in [-0.4, -0.2) is 62.0 Å². The summed E-state index contributed by atoms with van der Waals surface area (Å²) in [5.74, 6) is 1.71. The number of guanidine groups is 1. The van der Waals surface area contributed by atoms with Gasteiger partial charge in [0.25, 0.3) is 0 Å². The quantitative estimate of drug-likeness (QED) is 0.345. The summed E-state index contributed by atoms with van der Waals surface area (Å²) in [6, 6.07) is 10.7. The lowest BCUT2D eigenvalue weighted by molar-refractivity contribution is 0.00534. The Labute approximate surface area is 186 Å². The monoisotopic (exact) mass is 427 g/mol. The van der Waals surface area contributed by atoms with E-state index in [-0.39, 0.29) is 0 Å². The maximum absolute atomic E-state index is 6.11. The lowest BCUT2D eigenvalue weighted by Crippen LogP contribution is -2.39. The molecule has 0 radical (unpaired) electrons. The molecule has 1 aliphatic heterocycles. The summed E-state index contributed by atoms with van der Waals surface area (Å²) in [6.07, 6.45) is 4.46. The Morgan fingerprint density at radius 3 is 2.58 bits per heavy atom. The summed E-state index contributed by atoms with van der Waals surface area (Å²) in [7, 11) is 1.80. The number of nitrogens with zero attached hydrogens (tertiary/aromatic N) is 3. The Hall–Kier alpha value is -2.38. The van der Waals surface area contributed by atoms with Gasteiger partial charge in [0.2, 0.25) is 0 Å². The van der Waals surface area contributed by atoms with E-state index in [4.69, 9.17) is 9.26 Å². The minimum absolute atomic E-state index is 0.388. The Kier molecular flexibility index (Phi) is 9.37. The Morgan fingerprint density at radius 1 is 1.16 bits per heavy atom. The number of benzene rings is 1. The fourth-order valence-corrected chi connectivity index (χ4v) is 3.99. The highest BCUT2D eigenvalue weighted by Crippen LogP contribution is 2.16. The molecule has 1 saturated heterocycles. The standard InChI is InChI=1S/C24H37N5O2/c1-19-23(20(2)31-28-19)10-14-27-24(25-3)26-13-7-17-30-22-11-15-29(16-12-22)18-21-8-5-4-6-9-21/h4-6,8-9,22H,7,10-18H2,1-3H3,(H2,25,26,27). The number of hydrogen-bond acceptors (Lipinski definition) is 5. The second-order valence-electron chi connectivity index (χ2n) is 8.16. The first kappa shape index (κ1) is 23.3. The number of hydrogen-bond donors (Lipinski definition) is 2. The summed E-state index contributed by atoms with van der Waals surface area (Å²) < 4.78 is 11.3. The third-order valence-corrected chi connectivity index (χ3v) is 5.82. The molecule has 7 nitrogen and oxygen atoms in total. The first-order valence-electron chi connectivity index (χ1n) is 11.4. The van der Waals surface area contributed by atoms with Crippen LogP contribution in [0.4, 0.5) is 0 Å². The van der Waals surface area contributed by atoms with Gasteiger partial charge in [-0.3, -0.25) is 9.89 Å². The van der Waals surface area contributed by atoms with Crippen LogP contribution in [0.1, 0.15) is 41.8 Å². The second kappa shape index (κ2) is 12.5. The fourth-order valence-electron chi connectivity index (χ4n) is 3.99. The van der Waals surface area contributed by atoms with Gasteiger partial charge in [0.1, 0.15) is 5.76 Å². The van der Waals surface area contributed by atoms with Crippen molar-refractivity contribution in [3.8, 4) is 0 Å². The van der Waals surface area contributed by atoms with Crippen LogP contribution in [0.3, 0.4) is 0 Å². The highest BCUT2D eigenvalue weighted by Gasteiger charge is 2.19. The number of aliphatic imine (C=N–C) groups is 1. The van der Waals surface area contributed by atoms with E-state index in [0.29, 0.717) is 6.10 Å². The minimum atomic E-state index is 0.388. The number of piperidine rings is 1. The van der Waals surface area contributed by atoms with E-state index in [2.05, 4.69) is 56.0 Å². The number of aryl methyl sites for hydroxylation is 2. The topological polar surface area (TPSA) is 74.9 Å². The van der Waals surface area contributed by atoms with Crippen molar-refractivity contribution >= 4 is 5.96 Å². The third-order valence-electron chi connectivity index (χ3n) is 5.82. The van der Waals surface area contributed by atoms with E-state index in [1.807, 2.05) is 13.8 Å². The smallest absolute Gasteiger partial charge is 0.190 e. The lowest BCUT2D eigenvalue weighted by atomic mass is 10.1. The van der Waals surface area contributed by atoms with Gasteiger partial charge in [-0.15, -0.1) is 0 Å².